The molecule has 3 nitrogen and oxygen atoms in total. The summed E-state index contributed by atoms with van der Waals surface area (Å²) in [5, 5.41) is 2.18. The summed E-state index contributed by atoms with van der Waals surface area (Å²) >= 11 is 0. The van der Waals surface area contributed by atoms with Crippen LogP contribution in [0.1, 0.15) is 0 Å². The molecule has 0 unspecified atom stereocenters. The van der Waals surface area contributed by atoms with Crippen LogP contribution in [0.5, 0.6) is 0 Å². The zero-order valence-electron chi connectivity index (χ0n) is 23.4. The first-order valence-electron chi connectivity index (χ1n) is 14.5. The lowest BCUT2D eigenvalue weighted by molar-refractivity contribution is 1.11. The average Bonchev–Trinajstić information content (AvgIpc) is 3.43. The van der Waals surface area contributed by atoms with Crippen molar-refractivity contribution in [2.45, 2.75) is 0 Å². The first kappa shape index (κ1) is 25.0. The summed E-state index contributed by atoms with van der Waals surface area (Å²) in [6, 6.07) is 57.1. The van der Waals surface area contributed by atoms with Crippen LogP contribution in [0.25, 0.3) is 72.5 Å². The second-order valence-corrected chi connectivity index (χ2v) is 10.6. The van der Waals surface area contributed by atoms with Crippen molar-refractivity contribution in [3.63, 3.8) is 0 Å². The number of para-hydroxylation sites is 2. The van der Waals surface area contributed by atoms with E-state index in [0.717, 1.165) is 61.1 Å². The van der Waals surface area contributed by atoms with Gasteiger partial charge in [-0.15, -0.1) is 0 Å². The molecule has 0 amide bonds. The van der Waals surface area contributed by atoms with Gasteiger partial charge in [-0.2, -0.15) is 0 Å². The summed E-state index contributed by atoms with van der Waals surface area (Å²) in [6.07, 6.45) is 0. The average molecular weight is 550 g/mol. The molecule has 202 valence electrons. The van der Waals surface area contributed by atoms with Crippen LogP contribution in [0, 0.1) is 0 Å². The van der Waals surface area contributed by atoms with E-state index in [-0.39, 0.29) is 0 Å². The van der Waals surface area contributed by atoms with Crippen LogP contribution in [0.2, 0.25) is 0 Å². The molecule has 0 saturated heterocycles. The van der Waals surface area contributed by atoms with Gasteiger partial charge >= 0.3 is 0 Å². The zero-order valence-corrected chi connectivity index (χ0v) is 23.4. The molecule has 0 fully saturated rings. The third-order valence-electron chi connectivity index (χ3n) is 8.03. The van der Waals surface area contributed by atoms with Crippen molar-refractivity contribution < 1.29 is 0 Å². The summed E-state index contributed by atoms with van der Waals surface area (Å²) < 4.78 is 2.27. The van der Waals surface area contributed by atoms with E-state index in [4.69, 9.17) is 9.97 Å². The summed E-state index contributed by atoms with van der Waals surface area (Å²) in [4.78, 5) is 10.8. The van der Waals surface area contributed by atoms with Crippen LogP contribution in [-0.4, -0.2) is 14.5 Å². The lowest BCUT2D eigenvalue weighted by Gasteiger charge is -2.13. The fourth-order valence-electron chi connectivity index (χ4n) is 6.04. The van der Waals surface area contributed by atoms with Crippen molar-refractivity contribution >= 4 is 21.9 Å². The third kappa shape index (κ3) is 4.39. The van der Waals surface area contributed by atoms with E-state index >= 15 is 0 Å². The highest BCUT2D eigenvalue weighted by atomic mass is 15.1. The van der Waals surface area contributed by atoms with Gasteiger partial charge in [0, 0.05) is 22.2 Å². The van der Waals surface area contributed by atoms with Gasteiger partial charge in [0.2, 0.25) is 0 Å². The van der Waals surface area contributed by atoms with Crippen LogP contribution in [0.15, 0.2) is 164 Å². The number of benzene rings is 6. The molecule has 8 aromatic rings. The highest BCUT2D eigenvalue weighted by Gasteiger charge is 2.22. The summed E-state index contributed by atoms with van der Waals surface area (Å²) in [7, 11) is 0. The molecule has 0 N–H and O–H groups in total. The van der Waals surface area contributed by atoms with E-state index in [9.17, 15) is 0 Å². The molecular weight excluding hydrogens is 522 g/mol. The highest BCUT2D eigenvalue weighted by molar-refractivity contribution is 6.14. The summed E-state index contributed by atoms with van der Waals surface area (Å²) in [6.45, 7) is 0. The van der Waals surface area contributed by atoms with E-state index < -0.39 is 0 Å². The molecule has 2 heterocycles. The van der Waals surface area contributed by atoms with Gasteiger partial charge in [-0.1, -0.05) is 140 Å². The monoisotopic (exact) mass is 549 g/mol. The molecule has 0 saturated carbocycles. The van der Waals surface area contributed by atoms with Crippen molar-refractivity contribution in [2.75, 3.05) is 0 Å². The first-order valence-corrected chi connectivity index (χ1v) is 14.5. The maximum Gasteiger partial charge on any atom is 0.162 e. The maximum absolute atomic E-state index is 5.40. The molecule has 0 aliphatic carbocycles. The first-order chi connectivity index (χ1) is 21.3. The van der Waals surface area contributed by atoms with Gasteiger partial charge in [0.1, 0.15) is 5.65 Å². The SMILES string of the molecule is c1ccc(-c2cccc(-c3nc(-c4ccccc4-c4ccccc4)nc4c3c3ccccc3n4-c3ccccc3)c2)cc1. The van der Waals surface area contributed by atoms with Crippen LogP contribution >= 0.6 is 0 Å². The van der Waals surface area contributed by atoms with Crippen molar-refractivity contribution in [3.8, 4) is 50.6 Å². The molecule has 0 spiro atoms. The Balaban J connectivity index is 1.48. The Labute approximate surface area is 250 Å². The Morgan fingerprint density at radius 1 is 0.419 bits per heavy atom. The molecule has 3 heteroatoms. The molecule has 8 rings (SSSR count). The van der Waals surface area contributed by atoms with E-state index in [2.05, 4.69) is 162 Å². The van der Waals surface area contributed by atoms with E-state index in [1.807, 2.05) is 6.07 Å². The second kappa shape index (κ2) is 10.6. The predicted octanol–water partition coefficient (Wildman–Crippen LogP) is 10.2. The minimum Gasteiger partial charge on any atom is -0.294 e. The van der Waals surface area contributed by atoms with Crippen LogP contribution in [0.3, 0.4) is 0 Å². The largest absolute Gasteiger partial charge is 0.294 e. The number of fused-ring (bicyclic) bond motifs is 3. The summed E-state index contributed by atoms with van der Waals surface area (Å²) in [5.74, 6) is 0.701. The van der Waals surface area contributed by atoms with Gasteiger partial charge in [-0.25, -0.2) is 9.97 Å². The molecule has 0 atom stereocenters. The topological polar surface area (TPSA) is 30.7 Å². The number of nitrogens with zero attached hydrogens (tertiary/aromatic N) is 3. The lowest BCUT2D eigenvalue weighted by Crippen LogP contribution is -2.00. The van der Waals surface area contributed by atoms with Gasteiger partial charge in [0.25, 0.3) is 0 Å². The standard InChI is InChI=1S/C40H27N3/c1-4-15-28(16-5-1)30-19-14-20-31(27-30)38-37-35-25-12-13-26-36(35)43(32-21-8-3-9-22-32)40(37)42-39(41-38)34-24-11-10-23-33(34)29-17-6-2-7-18-29/h1-27H. The fourth-order valence-corrected chi connectivity index (χ4v) is 6.04. The molecule has 2 aromatic heterocycles. The normalized spacial score (nSPS) is 11.3. The van der Waals surface area contributed by atoms with Crippen LogP contribution in [0.4, 0.5) is 0 Å². The predicted molar refractivity (Wildman–Crippen MR) is 178 cm³/mol. The van der Waals surface area contributed by atoms with Crippen molar-refractivity contribution in [3.05, 3.63) is 164 Å². The van der Waals surface area contributed by atoms with Gasteiger partial charge in [0.15, 0.2) is 5.82 Å². The van der Waals surface area contributed by atoms with Crippen molar-refractivity contribution in [1.29, 1.82) is 0 Å². The van der Waals surface area contributed by atoms with E-state index in [1.54, 1.807) is 0 Å². The van der Waals surface area contributed by atoms with Crippen LogP contribution < -0.4 is 0 Å². The zero-order chi connectivity index (χ0) is 28.6. The number of hydrogen-bond acceptors (Lipinski definition) is 2. The summed E-state index contributed by atoms with van der Waals surface area (Å²) in [5.41, 5.74) is 10.6. The van der Waals surface area contributed by atoms with Crippen molar-refractivity contribution in [2.24, 2.45) is 0 Å². The Morgan fingerprint density at radius 2 is 1.00 bits per heavy atom. The lowest BCUT2D eigenvalue weighted by atomic mass is 9.98. The van der Waals surface area contributed by atoms with Gasteiger partial charge in [-0.05, 0) is 46.5 Å². The van der Waals surface area contributed by atoms with Crippen LogP contribution in [-0.2, 0) is 0 Å². The Kier molecular flexibility index (Phi) is 6.12. The molecule has 0 aliphatic rings. The number of rotatable bonds is 5. The Morgan fingerprint density at radius 3 is 1.77 bits per heavy atom. The second-order valence-electron chi connectivity index (χ2n) is 10.6. The van der Waals surface area contributed by atoms with Crippen molar-refractivity contribution in [1.82, 2.24) is 14.5 Å². The highest BCUT2D eigenvalue weighted by Crippen LogP contribution is 2.40. The molecular formula is C40H27N3. The molecule has 43 heavy (non-hydrogen) atoms. The molecule has 0 bridgehead atoms. The Bertz CT molecular complexity index is 2220. The maximum atomic E-state index is 5.40. The Hall–Kier alpha value is -5.80. The van der Waals surface area contributed by atoms with Gasteiger partial charge < -0.3 is 0 Å². The van der Waals surface area contributed by atoms with Gasteiger partial charge in [-0.3, -0.25) is 4.57 Å². The fraction of sp³-hybridized carbons (Fsp3) is 0. The van der Waals surface area contributed by atoms with E-state index in [1.165, 1.54) is 5.56 Å². The minimum absolute atomic E-state index is 0.701. The molecule has 6 aromatic carbocycles. The number of aromatic nitrogens is 3. The smallest absolute Gasteiger partial charge is 0.162 e. The minimum atomic E-state index is 0.701. The quantitative estimate of drug-likeness (QED) is 0.214. The number of hydrogen-bond donors (Lipinski definition) is 0. The van der Waals surface area contributed by atoms with E-state index in [0.29, 0.717) is 5.82 Å². The van der Waals surface area contributed by atoms with Gasteiger partial charge in [0.05, 0.1) is 16.6 Å². The molecule has 0 aliphatic heterocycles. The molecule has 0 radical (unpaired) electrons. The third-order valence-corrected chi connectivity index (χ3v) is 8.03.